The highest BCUT2D eigenvalue weighted by molar-refractivity contribution is 7.17. The molecule has 0 saturated heterocycles. The monoisotopic (exact) mass is 945 g/mol. The zero-order valence-electron chi connectivity index (χ0n) is 36.5. The smallest absolute Gasteiger partial charge is 0.261 e. The molecule has 2 aromatic carbocycles. The summed E-state index contributed by atoms with van der Waals surface area (Å²) in [5.41, 5.74) is 7.98. The molecular weight excluding hydrogens is 898 g/mol. The molecule has 0 bridgehead atoms. The summed E-state index contributed by atoms with van der Waals surface area (Å²) in [5, 5.41) is 36.5. The maximum absolute atomic E-state index is 13.1. The Morgan fingerprint density at radius 3 is 1.58 bits per heavy atom. The van der Waals surface area contributed by atoms with Crippen molar-refractivity contribution in [2.75, 3.05) is 39.5 Å². The van der Waals surface area contributed by atoms with E-state index in [1.54, 1.807) is 11.3 Å². The summed E-state index contributed by atoms with van der Waals surface area (Å²) in [6.45, 7) is 15.8. The van der Waals surface area contributed by atoms with E-state index >= 15 is 0 Å². The van der Waals surface area contributed by atoms with Crippen LogP contribution in [0.15, 0.2) is 58.5 Å². The zero-order valence-corrected chi connectivity index (χ0v) is 39.7. The molecule has 3 amide bonds. The molecule has 64 heavy (non-hydrogen) atoms. The van der Waals surface area contributed by atoms with Crippen LogP contribution in [0.2, 0.25) is 10.0 Å². The topological polar surface area (TPSA) is 203 Å². The van der Waals surface area contributed by atoms with E-state index in [1.807, 2.05) is 73.9 Å². The molecule has 0 fully saturated rings. The molecular formula is C44H49Cl2N11O5S2. The molecule has 0 saturated carbocycles. The SMILES string of the molecule is CC(=O)NCCO.CC(=O)NCCOCCNC(=O)c1sc2c(c1C)C(c1ccc(Cl)cc1)=NCc1nnc(C)n1-2.Cc1sc2c(c1C)C(c1ccc(Cl)cc1)=NCc1nnc(C)n1-2. The van der Waals surface area contributed by atoms with Gasteiger partial charge in [-0.05, 0) is 70.0 Å². The third-order valence-corrected chi connectivity index (χ3v) is 13.0. The number of halogens is 2. The number of nitrogens with zero attached hydrogens (tertiary/aromatic N) is 8. The van der Waals surface area contributed by atoms with Gasteiger partial charge in [0.25, 0.3) is 5.91 Å². The van der Waals surface area contributed by atoms with E-state index in [1.165, 1.54) is 41.2 Å². The lowest BCUT2D eigenvalue weighted by atomic mass is 9.99. The largest absolute Gasteiger partial charge is 0.395 e. The molecule has 16 nitrogen and oxygen atoms in total. The summed E-state index contributed by atoms with van der Waals surface area (Å²) in [4.78, 5) is 45.5. The van der Waals surface area contributed by atoms with Crippen LogP contribution in [0, 0.1) is 34.6 Å². The molecule has 0 radical (unpaired) electrons. The number of benzene rings is 2. The highest BCUT2D eigenvalue weighted by Gasteiger charge is 2.30. The van der Waals surface area contributed by atoms with E-state index in [4.69, 9.17) is 43.0 Å². The standard InChI is InChI=1S/C23H25ClN6O3S.C17H15ClN4S.C4H9NO2/c1-13-19-20(16-4-6-17(24)7-5-16)27-12-18-29-28-14(2)30(18)23(19)34-21(13)22(32)26-9-11-33-10-8-25-15(3)31;1-9-10(2)23-17-15(9)16(12-4-6-13(18)7-5-12)19-8-14-21-20-11(3)22(14)17;1-4(7)5-2-3-6/h4-7H,8-12H2,1-3H3,(H,25,31)(H,26,32);4-7H,8H2,1-3H3;6H,2-3H2,1H3,(H,5,7). The van der Waals surface area contributed by atoms with Crippen LogP contribution in [-0.2, 0) is 27.4 Å². The fraction of sp³-hybridized carbons (Fsp3) is 0.341. The quantitative estimate of drug-likeness (QED) is 0.109. The third kappa shape index (κ3) is 11.2. The Balaban J connectivity index is 0.000000194. The second-order valence-corrected chi connectivity index (χ2v) is 17.7. The van der Waals surface area contributed by atoms with Gasteiger partial charge in [-0.2, -0.15) is 0 Å². The van der Waals surface area contributed by atoms with Crippen LogP contribution >= 0.6 is 45.9 Å². The number of fused-ring (bicyclic) bond motifs is 6. The number of hydrogen-bond donors (Lipinski definition) is 4. The fourth-order valence-electron chi connectivity index (χ4n) is 6.84. The van der Waals surface area contributed by atoms with Crippen LogP contribution in [-0.4, -0.2) is 103 Å². The molecule has 20 heteroatoms. The van der Waals surface area contributed by atoms with E-state index in [0.717, 1.165) is 72.0 Å². The van der Waals surface area contributed by atoms with Crippen molar-refractivity contribution in [3.8, 4) is 10.0 Å². The minimum Gasteiger partial charge on any atom is -0.395 e. The van der Waals surface area contributed by atoms with Crippen LogP contribution in [0.4, 0.5) is 0 Å². The molecule has 336 valence electrons. The molecule has 8 rings (SSSR count). The number of ether oxygens (including phenoxy) is 1. The number of thiophene rings is 2. The second-order valence-electron chi connectivity index (χ2n) is 14.6. The second kappa shape index (κ2) is 21.8. The van der Waals surface area contributed by atoms with Gasteiger partial charge in [0, 0.05) is 70.7 Å². The predicted molar refractivity (Wildman–Crippen MR) is 251 cm³/mol. The van der Waals surface area contributed by atoms with Gasteiger partial charge in [0.15, 0.2) is 11.6 Å². The first-order valence-corrected chi connectivity index (χ1v) is 22.7. The molecule has 2 aliphatic heterocycles. The van der Waals surface area contributed by atoms with Gasteiger partial charge in [0.2, 0.25) is 11.8 Å². The predicted octanol–water partition coefficient (Wildman–Crippen LogP) is 6.21. The summed E-state index contributed by atoms with van der Waals surface area (Å²) in [5.74, 6) is 2.87. The normalized spacial score (nSPS) is 12.3. The Hall–Kier alpha value is -5.63. The van der Waals surface area contributed by atoms with Gasteiger partial charge in [-0.1, -0.05) is 47.5 Å². The number of aliphatic hydroxyl groups is 1. The molecule has 0 spiro atoms. The van der Waals surface area contributed by atoms with E-state index in [0.29, 0.717) is 55.8 Å². The molecule has 4 N–H and O–H groups in total. The minimum atomic E-state index is -0.177. The van der Waals surface area contributed by atoms with Gasteiger partial charge < -0.3 is 25.8 Å². The Kier molecular flexibility index (Phi) is 16.3. The number of rotatable bonds is 11. The summed E-state index contributed by atoms with van der Waals surface area (Å²) in [7, 11) is 0. The number of carbonyl (C=O) groups excluding carboxylic acids is 3. The van der Waals surface area contributed by atoms with Crippen molar-refractivity contribution in [1.82, 2.24) is 45.5 Å². The molecule has 0 unspecified atom stereocenters. The van der Waals surface area contributed by atoms with Crippen molar-refractivity contribution in [1.29, 1.82) is 0 Å². The van der Waals surface area contributed by atoms with Crippen molar-refractivity contribution < 1.29 is 24.2 Å². The third-order valence-electron chi connectivity index (χ3n) is 10.00. The van der Waals surface area contributed by atoms with E-state index < -0.39 is 0 Å². The van der Waals surface area contributed by atoms with Crippen LogP contribution in [0.25, 0.3) is 10.0 Å². The average molecular weight is 947 g/mol. The van der Waals surface area contributed by atoms with Crippen molar-refractivity contribution in [3.05, 3.63) is 125 Å². The highest BCUT2D eigenvalue weighted by Crippen LogP contribution is 2.38. The van der Waals surface area contributed by atoms with Gasteiger partial charge in [-0.25, -0.2) is 0 Å². The molecule has 6 heterocycles. The summed E-state index contributed by atoms with van der Waals surface area (Å²) < 4.78 is 9.56. The van der Waals surface area contributed by atoms with Crippen LogP contribution in [0.1, 0.15) is 85.1 Å². The molecule has 6 aromatic rings. The number of hydrogen-bond acceptors (Lipinski definition) is 13. The number of aliphatic hydroxyl groups excluding tert-OH is 1. The molecule has 4 aromatic heterocycles. The van der Waals surface area contributed by atoms with Crippen LogP contribution < -0.4 is 16.0 Å². The van der Waals surface area contributed by atoms with Crippen molar-refractivity contribution in [2.24, 2.45) is 9.98 Å². The van der Waals surface area contributed by atoms with Gasteiger partial charge in [0.1, 0.15) is 34.7 Å². The number of aliphatic imine (C=N–C) groups is 2. The highest BCUT2D eigenvalue weighted by atomic mass is 35.5. The zero-order chi connectivity index (χ0) is 46.1. The van der Waals surface area contributed by atoms with Gasteiger partial charge in [-0.3, -0.25) is 33.5 Å². The maximum atomic E-state index is 13.1. The molecule has 2 aliphatic rings. The molecule has 0 atom stereocenters. The first-order valence-electron chi connectivity index (χ1n) is 20.3. The van der Waals surface area contributed by atoms with Crippen molar-refractivity contribution in [2.45, 2.75) is 61.6 Å². The van der Waals surface area contributed by atoms with Crippen LogP contribution in [0.5, 0.6) is 0 Å². The Morgan fingerprint density at radius 2 is 1.11 bits per heavy atom. The number of amides is 3. The molecule has 0 aliphatic carbocycles. The number of aromatic nitrogens is 6. The average Bonchev–Trinajstić information content (AvgIpc) is 3.94. The van der Waals surface area contributed by atoms with Crippen LogP contribution in [0.3, 0.4) is 0 Å². The summed E-state index contributed by atoms with van der Waals surface area (Å²) in [6.07, 6.45) is 0. The van der Waals surface area contributed by atoms with E-state index in [9.17, 15) is 14.4 Å². The first-order chi connectivity index (χ1) is 30.7. The van der Waals surface area contributed by atoms with Gasteiger partial charge >= 0.3 is 0 Å². The number of aryl methyl sites for hydroxylation is 3. The van der Waals surface area contributed by atoms with Crippen molar-refractivity contribution >= 4 is 75.0 Å². The first kappa shape index (κ1) is 47.8. The van der Waals surface area contributed by atoms with Gasteiger partial charge in [0.05, 0.1) is 36.1 Å². The summed E-state index contributed by atoms with van der Waals surface area (Å²) in [6, 6.07) is 15.4. The van der Waals surface area contributed by atoms with Gasteiger partial charge in [-0.15, -0.1) is 43.1 Å². The lowest BCUT2D eigenvalue weighted by Crippen LogP contribution is -2.29. The van der Waals surface area contributed by atoms with Crippen molar-refractivity contribution in [3.63, 3.8) is 0 Å². The number of carbonyl (C=O) groups is 3. The fourth-order valence-corrected chi connectivity index (χ4v) is 9.61. The maximum Gasteiger partial charge on any atom is 0.261 e. The lowest BCUT2D eigenvalue weighted by Gasteiger charge is -2.09. The summed E-state index contributed by atoms with van der Waals surface area (Å²) >= 11 is 15.3. The lowest BCUT2D eigenvalue weighted by molar-refractivity contribution is -0.120. The number of nitrogens with one attached hydrogen (secondary N) is 3. The Labute approximate surface area is 388 Å². The minimum absolute atomic E-state index is 0.0135. The Bertz CT molecular complexity index is 2700. The van der Waals surface area contributed by atoms with E-state index in [-0.39, 0.29) is 24.3 Å². The van der Waals surface area contributed by atoms with E-state index in [2.05, 4.69) is 54.8 Å². The Morgan fingerprint density at radius 1 is 0.656 bits per heavy atom.